The number of aromatic amines is 2. The van der Waals surface area contributed by atoms with Crippen LogP contribution in [0.4, 0.5) is 11.4 Å². The zero-order valence-electron chi connectivity index (χ0n) is 52.2. The van der Waals surface area contributed by atoms with Gasteiger partial charge in [-0.25, -0.2) is 0 Å². The van der Waals surface area contributed by atoms with Crippen molar-refractivity contribution < 1.29 is 58.7 Å². The number of phenolic OH excluding ortho intramolecular Hbond substituents is 2. The summed E-state index contributed by atoms with van der Waals surface area (Å²) < 4.78 is 13.5. The monoisotopic (exact) mass is 1280 g/mol. The number of phenols is 2. The number of H-pyrrole nitrogens is 2. The van der Waals surface area contributed by atoms with Gasteiger partial charge in [0.25, 0.3) is 0 Å². The van der Waals surface area contributed by atoms with Crippen LogP contribution in [0.3, 0.4) is 0 Å². The number of ether oxygens (including phenoxy) is 2. The van der Waals surface area contributed by atoms with Gasteiger partial charge >= 0.3 is 0 Å². The Bertz CT molecular complexity index is 4210. The maximum Gasteiger partial charge on any atom is 0.243 e. The van der Waals surface area contributed by atoms with Crippen molar-refractivity contribution in [1.82, 2.24) is 46.4 Å². The van der Waals surface area contributed by atoms with Gasteiger partial charge in [0.15, 0.2) is 41.2 Å². The molecule has 25 heteroatoms. The molecule has 4 aliphatic heterocycles. The van der Waals surface area contributed by atoms with E-state index in [0.717, 1.165) is 99.3 Å². The molecule has 6 amide bonds. The summed E-state index contributed by atoms with van der Waals surface area (Å²) in [5.74, 6) is -0.752. The van der Waals surface area contributed by atoms with Crippen LogP contribution in [0.15, 0.2) is 65.7 Å². The van der Waals surface area contributed by atoms with E-state index in [9.17, 15) is 49.2 Å². The van der Waals surface area contributed by atoms with Gasteiger partial charge in [0.1, 0.15) is 0 Å². The first-order valence-electron chi connectivity index (χ1n) is 33.4. The molecule has 2 aromatic heterocycles. The van der Waals surface area contributed by atoms with Gasteiger partial charge in [0, 0.05) is 97.0 Å². The van der Waals surface area contributed by atoms with Gasteiger partial charge in [-0.3, -0.25) is 43.6 Å². The third-order valence-corrected chi connectivity index (χ3v) is 22.5. The number of fused-ring (bicyclic) bond motifs is 8. The summed E-state index contributed by atoms with van der Waals surface area (Å²) >= 11 is 0. The lowest BCUT2D eigenvalue weighted by Gasteiger charge is -2.62. The number of carbonyl (C=O) groups excluding carboxylic acids is 6. The van der Waals surface area contributed by atoms with Crippen LogP contribution in [0.2, 0.25) is 0 Å². The molecule has 6 aromatic rings. The molecule has 4 bridgehead atoms. The number of hydrogen-bond donors (Lipinski definition) is 14. The van der Waals surface area contributed by atoms with E-state index < -0.39 is 89.3 Å². The van der Waals surface area contributed by atoms with Crippen molar-refractivity contribution in [3.05, 3.63) is 105 Å². The van der Waals surface area contributed by atoms with Crippen LogP contribution in [0.1, 0.15) is 121 Å². The molecule has 25 nitrogen and oxygen atoms in total. The number of carbonyl (C=O) groups is 6. The zero-order chi connectivity index (χ0) is 64.6. The zero-order valence-corrected chi connectivity index (χ0v) is 52.2. The topological polar surface area (TPSA) is 362 Å². The average Bonchev–Trinajstić information content (AvgIpc) is 1.43. The number of aromatic nitrogens is 2. The predicted molar refractivity (Wildman–Crippen MR) is 345 cm³/mol. The third kappa shape index (κ3) is 9.71. The summed E-state index contributed by atoms with van der Waals surface area (Å²) in [5.41, 5.74) is 13.1. The Morgan fingerprint density at radius 2 is 1.14 bits per heavy atom. The molecule has 15 N–H and O–H groups in total. The van der Waals surface area contributed by atoms with Crippen molar-refractivity contribution >= 4 is 74.6 Å². The molecular weight excluding hydrogens is 1200 g/mol. The molecule has 0 radical (unpaired) electrons. The normalized spacial score (nSPS) is 27.0. The highest BCUT2D eigenvalue weighted by atomic mass is 16.5. The van der Waals surface area contributed by atoms with Crippen molar-refractivity contribution in [2.75, 3.05) is 76.1 Å². The maximum absolute atomic E-state index is 13.3. The fraction of sp³-hybridized carbons (Fsp3) is 0.493. The molecule has 10 aliphatic rings. The first-order valence-corrected chi connectivity index (χ1v) is 33.4. The van der Waals surface area contributed by atoms with Crippen LogP contribution >= 0.6 is 0 Å². The van der Waals surface area contributed by atoms with E-state index in [1.807, 2.05) is 42.5 Å². The minimum absolute atomic E-state index is 0.0494. The van der Waals surface area contributed by atoms with Gasteiger partial charge in [0.05, 0.1) is 70.8 Å². The number of piperidine rings is 2. The Kier molecular flexibility index (Phi) is 14.5. The van der Waals surface area contributed by atoms with E-state index in [2.05, 4.69) is 62.0 Å². The number of aromatic hydroxyl groups is 2. The highest BCUT2D eigenvalue weighted by molar-refractivity contribution is 6.04. The van der Waals surface area contributed by atoms with E-state index in [1.165, 1.54) is 25.7 Å². The van der Waals surface area contributed by atoms with Gasteiger partial charge < -0.3 is 82.8 Å². The number of aliphatic hydroxyl groups is 2. The molecule has 492 valence electrons. The SMILES string of the molecule is NC(=NCCCCNC(=O)CNC(=O)CNC(=O)CCC(=O)NCC(=O)NCC(=O)Nc1cccc2c3c([nH]c12)[C@@H]1Oc2c(O)ccc4c2[C@@]12CCN(CC1CC1)[C@H](C4)[C@]2(O)C3)Nc1ccc2[nH]c3c(c2c1)C[C@@]1(O)[C@H]2Cc4ccc(O)c5c4[C@@]1(CCN2CC1CC1)[C@H]3O5. The number of hydrogen-bond acceptors (Lipinski definition) is 15. The molecule has 8 atom stereocenters. The molecular formula is C69H79N13O12. The van der Waals surface area contributed by atoms with Gasteiger partial charge in [-0.1, -0.05) is 24.3 Å². The van der Waals surface area contributed by atoms with E-state index in [1.54, 1.807) is 18.2 Å². The molecule has 6 heterocycles. The van der Waals surface area contributed by atoms with Crippen molar-refractivity contribution in [3.63, 3.8) is 0 Å². The van der Waals surface area contributed by atoms with E-state index in [4.69, 9.17) is 15.2 Å². The highest BCUT2D eigenvalue weighted by Crippen LogP contribution is 2.71. The van der Waals surface area contributed by atoms with Gasteiger partial charge in [-0.2, -0.15) is 0 Å². The van der Waals surface area contributed by atoms with E-state index in [0.29, 0.717) is 92.6 Å². The van der Waals surface area contributed by atoms with Gasteiger partial charge in [0.2, 0.25) is 35.4 Å². The number of aliphatic imine (C=N–C) groups is 1. The highest BCUT2D eigenvalue weighted by Gasteiger charge is 2.74. The summed E-state index contributed by atoms with van der Waals surface area (Å²) in [6, 6.07) is 18.7. The number of nitrogens with two attached hydrogens (primary N) is 1. The van der Waals surface area contributed by atoms with Crippen LogP contribution in [0.5, 0.6) is 23.0 Å². The molecule has 4 aromatic carbocycles. The standard InChI is InChI=1S/C69H79N13O12/c70-65(77-39-12-13-44-41(26-39)43-28-69(92)49-25-37-10-14-46(83)61-56(37)66(69,63(93-61)59(43)79-44)18-22-82(49)34-36-8-9-36)72-21-2-1-20-71-52(87)29-75-53(88)30-73-50(85)16-17-51(86)74-31-54(89)76-32-55(90)78-45-5-3-4-40-42-27-68(91)48-24-38-11-15-47(84)62-57(38)67(68,19-23-81(48)33-35-6-7-35)64(94-62)60(42)80-58(40)45/h3-5,10-15,26,35-36,48-49,63-64,79-80,83-84,91-92H,1-2,6-9,16-25,27-34H2,(H,71,87)(H,73,85)(H,74,86)(H,75,88)(H,76,89)(H,78,90)(H3,70,72,77)/t48-,49-,63+,64+,66+,67+,68-,69-/m1/s1. The molecule has 6 aliphatic carbocycles. The number of benzene rings is 4. The van der Waals surface area contributed by atoms with Crippen molar-refractivity contribution in [2.24, 2.45) is 22.6 Å². The average molecular weight is 1280 g/mol. The van der Waals surface area contributed by atoms with E-state index >= 15 is 0 Å². The molecule has 4 fully saturated rings. The number of guanidine groups is 1. The number of amides is 6. The minimum Gasteiger partial charge on any atom is -0.504 e. The van der Waals surface area contributed by atoms with Crippen LogP contribution in [0.25, 0.3) is 21.8 Å². The summed E-state index contributed by atoms with van der Waals surface area (Å²) in [4.78, 5) is 92.8. The molecule has 94 heavy (non-hydrogen) atoms. The van der Waals surface area contributed by atoms with Gasteiger partial charge in [-0.05, 0) is 148 Å². The summed E-state index contributed by atoms with van der Waals surface area (Å²) in [6.45, 7) is 2.74. The minimum atomic E-state index is -1.18. The molecule has 16 rings (SSSR count). The Hall–Kier alpha value is -8.91. The quantitative estimate of drug-likeness (QED) is 0.0264. The van der Waals surface area contributed by atoms with Crippen LogP contribution in [-0.4, -0.2) is 170 Å². The largest absolute Gasteiger partial charge is 0.504 e. The molecule has 0 unspecified atom stereocenters. The fourth-order valence-electron chi connectivity index (χ4n) is 17.8. The Labute approximate surface area is 540 Å². The molecule has 2 saturated carbocycles. The lowest BCUT2D eigenvalue weighted by atomic mass is 9.49. The summed E-state index contributed by atoms with van der Waals surface area (Å²) in [6.07, 6.45) is 7.99. The molecule has 2 saturated heterocycles. The lowest BCUT2D eigenvalue weighted by Crippen LogP contribution is -2.74. The Balaban J connectivity index is 0.439. The Morgan fingerprint density at radius 1 is 0.606 bits per heavy atom. The van der Waals surface area contributed by atoms with Gasteiger partial charge in [-0.15, -0.1) is 0 Å². The number of nitrogens with zero attached hydrogens (tertiary/aromatic N) is 3. The smallest absolute Gasteiger partial charge is 0.243 e. The second-order valence-corrected chi connectivity index (χ2v) is 28.0. The summed E-state index contributed by atoms with van der Waals surface area (Å²) in [7, 11) is 0. The maximum atomic E-state index is 13.3. The number of rotatable bonds is 22. The van der Waals surface area contributed by atoms with Crippen LogP contribution in [0, 0.1) is 11.8 Å². The number of unbranched alkanes of at least 4 members (excludes halogenated alkanes) is 1. The Morgan fingerprint density at radius 3 is 1.71 bits per heavy atom. The van der Waals surface area contributed by atoms with Crippen molar-refractivity contribution in [2.45, 2.75) is 136 Å². The first-order chi connectivity index (χ1) is 45.4. The van der Waals surface area contributed by atoms with Crippen LogP contribution in [-0.2, 0) is 65.3 Å². The first kappa shape index (κ1) is 60.1. The van der Waals surface area contributed by atoms with Crippen molar-refractivity contribution in [3.8, 4) is 23.0 Å². The fourth-order valence-corrected chi connectivity index (χ4v) is 17.8. The lowest BCUT2D eigenvalue weighted by molar-refractivity contribution is -0.173. The summed E-state index contributed by atoms with van der Waals surface area (Å²) in [5, 5.41) is 69.1. The molecule has 2 spiro atoms. The number of anilines is 2. The van der Waals surface area contributed by atoms with E-state index in [-0.39, 0.29) is 48.9 Å². The third-order valence-electron chi connectivity index (χ3n) is 22.5. The second kappa shape index (κ2) is 22.7. The number of para-hydroxylation sites is 1. The van der Waals surface area contributed by atoms with Crippen molar-refractivity contribution in [1.29, 1.82) is 0 Å². The second-order valence-electron chi connectivity index (χ2n) is 28.0. The predicted octanol–water partition coefficient (Wildman–Crippen LogP) is 2.97. The number of nitrogens with one attached hydrogen (secondary N) is 9. The number of likely N-dealkylation sites (tertiary alicyclic amines) is 2. The van der Waals surface area contributed by atoms with Crippen LogP contribution < -0.4 is 52.4 Å².